The van der Waals surface area contributed by atoms with Crippen molar-refractivity contribution in [2.24, 2.45) is 5.92 Å². The monoisotopic (exact) mass is 1480 g/mol. The van der Waals surface area contributed by atoms with Crippen molar-refractivity contribution in [1.82, 2.24) is 26.7 Å². The Labute approximate surface area is 607 Å². The van der Waals surface area contributed by atoms with E-state index >= 15 is 0 Å². The van der Waals surface area contributed by atoms with Gasteiger partial charge in [0.25, 0.3) is 33.7 Å². The molecule has 10 rings (SSSR count). The number of aliphatic hydroxyl groups is 9. The highest BCUT2D eigenvalue weighted by Crippen LogP contribution is 2.30. The number of rotatable bonds is 24. The van der Waals surface area contributed by atoms with Gasteiger partial charge in [0.05, 0.1) is 35.7 Å². The summed E-state index contributed by atoms with van der Waals surface area (Å²) in [5.41, 5.74) is 10.7. The summed E-state index contributed by atoms with van der Waals surface area (Å²) in [5, 5.41) is 94.8. The van der Waals surface area contributed by atoms with Gasteiger partial charge in [-0.15, -0.1) is 0 Å². The van der Waals surface area contributed by atoms with Gasteiger partial charge in [-0.2, -0.15) is 0 Å². The minimum atomic E-state index is -3.82. The number of nitrogens with zero attached hydrogens (tertiary/aromatic N) is 1. The van der Waals surface area contributed by atoms with Crippen LogP contribution < -0.4 is 36.5 Å². The number of amides is 5. The van der Waals surface area contributed by atoms with Gasteiger partial charge >= 0.3 is 0 Å². The van der Waals surface area contributed by atoms with Gasteiger partial charge in [0.1, 0.15) is 72.9 Å². The first kappa shape index (κ1) is 80.5. The van der Waals surface area contributed by atoms with Crippen LogP contribution in [0.25, 0.3) is 17.0 Å². The van der Waals surface area contributed by atoms with Gasteiger partial charge in [-0.05, 0) is 137 Å². The molecule has 3 aliphatic heterocycles. The summed E-state index contributed by atoms with van der Waals surface area (Å²) in [7, 11) is 0.0285. The molecule has 1 aromatic heterocycles. The van der Waals surface area contributed by atoms with E-state index < -0.39 is 120 Å². The second-order valence-electron chi connectivity index (χ2n) is 25.1. The number of hydroxylamine groups is 3. The first-order valence-corrected chi connectivity index (χ1v) is 34.4. The van der Waals surface area contributed by atoms with E-state index in [0.29, 0.717) is 34.8 Å². The molecule has 572 valence electrons. The summed E-state index contributed by atoms with van der Waals surface area (Å²) >= 11 is 0. The molecule has 3 fully saturated rings. The van der Waals surface area contributed by atoms with Crippen LogP contribution in [0.1, 0.15) is 97.1 Å². The number of carbonyl (C=O) groups excluding carboxylic acids is 5. The van der Waals surface area contributed by atoms with Crippen molar-refractivity contribution in [2.45, 2.75) is 144 Å². The summed E-state index contributed by atoms with van der Waals surface area (Å²) in [6, 6.07) is 43.9. The van der Waals surface area contributed by atoms with Crippen LogP contribution >= 0.6 is 0 Å². The zero-order valence-corrected chi connectivity index (χ0v) is 58.4. The van der Waals surface area contributed by atoms with E-state index in [0.717, 1.165) is 22.6 Å². The quantitative estimate of drug-likeness (QED) is 0.0229. The second kappa shape index (κ2) is 37.5. The lowest BCUT2D eigenvalue weighted by Gasteiger charge is -2.38. The van der Waals surface area contributed by atoms with Crippen molar-refractivity contribution in [3.8, 4) is 5.75 Å². The third-order valence-electron chi connectivity index (χ3n) is 16.5. The third kappa shape index (κ3) is 21.7. The Morgan fingerprint density at radius 3 is 1.57 bits per heavy atom. The van der Waals surface area contributed by atoms with E-state index in [9.17, 15) is 78.3 Å². The minimum Gasteiger partial charge on any atom is -0.492 e. The molecule has 31 nitrogen and oxygen atoms in total. The zero-order chi connectivity index (χ0) is 75.5. The van der Waals surface area contributed by atoms with Crippen molar-refractivity contribution in [1.29, 1.82) is 0 Å². The number of sulfonamides is 1. The number of hydrogen-bond donors (Lipinski definition) is 15. The van der Waals surface area contributed by atoms with Gasteiger partial charge in [-0.3, -0.25) is 28.7 Å². The standard InChI is InChI=1S/C27H33N3O9.C24H30N2O7.C21H24N2O8S.6H2/c1-15-21(31)22(32)23(33)27(37-15)39-29-25(34)16-8-10-17(11-9-16)36-13-12-28-26(35)24-19(14-30(2)3)18-6-4-5-7-20(18)38-24;1-13(2)18(15-7-5-4-6-8-15)23(31)25-17-11-9-16(10-12-17)22(30)26-33-24-21(29)20(28)19(27)14(3)32-24;1-13-18(25)19(26)20(27)21(30-13)31-22-17(24)11-10-14-6-5-9-16(12-14)32(28,29)23-15-7-3-2-4-8-15;;;;;;/h4-11,15,21-23,27,31-33H,12-14H2,1-3H3,(H,28,35)(H,29,34);4-14,18-21,24,27-29H,1-3H3,(H,25,31)(H,26,30);2-13,18-21,23,25-27H,1H3,(H,22,24);6*1H/b;;11-10+;;;;;;/t15-,21+,22+,23-,27-;14-,18-,19+,20+,21-,24-;13-,18+,19+,20-,21-;;;;;;/m000....../s1. The lowest BCUT2D eigenvalue weighted by molar-refractivity contribution is -0.305. The molecule has 3 aliphatic rings. The van der Waals surface area contributed by atoms with Gasteiger partial charge in [-0.25, -0.2) is 39.4 Å². The van der Waals surface area contributed by atoms with E-state index in [1.165, 1.54) is 69.3 Å². The highest BCUT2D eigenvalue weighted by molar-refractivity contribution is 7.92. The molecule has 104 heavy (non-hydrogen) atoms. The number of hydrogen-bond acceptors (Lipinski definition) is 25. The second-order valence-corrected chi connectivity index (χ2v) is 26.8. The maximum atomic E-state index is 12.9. The lowest BCUT2D eigenvalue weighted by Crippen LogP contribution is -2.58. The van der Waals surface area contributed by atoms with Gasteiger partial charge in [0, 0.05) is 54.6 Å². The summed E-state index contributed by atoms with van der Waals surface area (Å²) < 4.78 is 54.8. The summed E-state index contributed by atoms with van der Waals surface area (Å²) in [4.78, 5) is 79.6. The first-order chi connectivity index (χ1) is 49.5. The predicted molar refractivity (Wildman–Crippen MR) is 386 cm³/mol. The summed E-state index contributed by atoms with van der Waals surface area (Å²) in [5.74, 6) is -1.89. The van der Waals surface area contributed by atoms with E-state index in [2.05, 4.69) is 31.8 Å². The van der Waals surface area contributed by atoms with Crippen LogP contribution in [0.5, 0.6) is 5.75 Å². The predicted octanol–water partition coefficient (Wildman–Crippen LogP) is 4.20. The van der Waals surface area contributed by atoms with Crippen LogP contribution in [-0.4, -0.2) is 208 Å². The normalized spacial score (nSPS) is 24.9. The molecule has 0 aliphatic carbocycles. The fourth-order valence-corrected chi connectivity index (χ4v) is 11.9. The van der Waals surface area contributed by atoms with E-state index in [1.54, 1.807) is 60.7 Å². The smallest absolute Gasteiger partial charge is 0.287 e. The van der Waals surface area contributed by atoms with Crippen molar-refractivity contribution < 1.29 is 125 Å². The van der Waals surface area contributed by atoms with Gasteiger partial charge in [0.2, 0.25) is 24.8 Å². The van der Waals surface area contributed by atoms with Crippen LogP contribution in [0, 0.1) is 5.92 Å². The Morgan fingerprint density at radius 2 is 1.05 bits per heavy atom. The van der Waals surface area contributed by atoms with Crippen molar-refractivity contribution in [2.75, 3.05) is 37.3 Å². The number of fused-ring (bicyclic) bond motifs is 1. The number of nitrogens with one attached hydrogen (secondary N) is 6. The maximum absolute atomic E-state index is 12.9. The van der Waals surface area contributed by atoms with E-state index in [-0.39, 0.29) is 67.1 Å². The number of carbonyl (C=O) groups is 5. The number of ether oxygens (including phenoxy) is 4. The van der Waals surface area contributed by atoms with Crippen LogP contribution in [0.2, 0.25) is 0 Å². The average molecular weight is 1480 g/mol. The van der Waals surface area contributed by atoms with Gasteiger partial charge < -0.3 is 84.9 Å². The molecule has 0 saturated carbocycles. The number of aliphatic hydroxyl groups excluding tert-OH is 9. The molecule has 6 aromatic carbocycles. The fraction of sp³-hybridized carbons (Fsp3) is 0.375. The van der Waals surface area contributed by atoms with Crippen molar-refractivity contribution >= 4 is 68.0 Å². The average Bonchev–Trinajstić information content (AvgIpc) is 1.65. The molecule has 32 heteroatoms. The number of furan rings is 1. The Bertz CT molecular complexity index is 4130. The third-order valence-corrected chi connectivity index (χ3v) is 17.9. The van der Waals surface area contributed by atoms with Crippen molar-refractivity contribution in [3.63, 3.8) is 0 Å². The Kier molecular flexibility index (Phi) is 29.1. The molecular formula is C72H99N7O24S. The SMILES string of the molecule is CC(C)[C@H](C(=O)Nc1ccc(C(=O)NO[C@@H]2O[C@@H](C)[C@@H](O)[C@@H](O)[C@@H]2O)cc1)c1ccccc1.C[C@@H]1O[C@@H](ONC(=O)/C=C/c2cccc(S(=O)(=O)Nc3ccccc3)c2)[C@@H](O)[C@H](O)[C@@H]1O.C[C@@H]1O[C@@H](ONC(=O)c2ccc(OCCNC(=O)c3oc4ccccc4c3CN(C)C)cc2)[C@@H](O)[C@H](O)[C@@H]1O.[HH].[HH].[HH].[HH].[HH].[HH]. The van der Waals surface area contributed by atoms with Crippen molar-refractivity contribution in [3.05, 3.63) is 197 Å². The number of para-hydroxylation sites is 2. The Morgan fingerprint density at radius 1 is 0.558 bits per heavy atom. The molecule has 0 bridgehead atoms. The zero-order valence-electron chi connectivity index (χ0n) is 57.6. The van der Waals surface area contributed by atoms with Crippen LogP contribution in [0.3, 0.4) is 0 Å². The highest BCUT2D eigenvalue weighted by atomic mass is 32.2. The molecule has 15 N–H and O–H groups in total. The molecule has 4 heterocycles. The lowest BCUT2D eigenvalue weighted by atomic mass is 9.87. The highest BCUT2D eigenvalue weighted by Gasteiger charge is 2.45. The molecule has 0 unspecified atom stereocenters. The summed E-state index contributed by atoms with van der Waals surface area (Å²) in [6.45, 7) is 9.43. The van der Waals surface area contributed by atoms with Crippen LogP contribution in [0.4, 0.5) is 11.4 Å². The molecule has 5 amide bonds. The molecule has 0 spiro atoms. The maximum Gasteiger partial charge on any atom is 0.287 e. The number of benzene rings is 6. The number of anilines is 2. The summed E-state index contributed by atoms with van der Waals surface area (Å²) in [6.07, 6.45) is -16.9. The van der Waals surface area contributed by atoms with Gasteiger partial charge in [0.15, 0.2) is 5.76 Å². The Balaban J connectivity index is 0.000000548. The molecular weight excluding hydrogens is 1380 g/mol. The van der Waals surface area contributed by atoms with E-state index in [1.807, 2.05) is 87.4 Å². The molecule has 16 atom stereocenters. The van der Waals surface area contributed by atoms with E-state index in [4.69, 9.17) is 37.9 Å². The molecule has 0 radical (unpaired) electrons. The minimum absolute atomic E-state index is 0. The Hall–Kier alpha value is -9.14. The topological polar surface area (TPSA) is 455 Å². The van der Waals surface area contributed by atoms with Gasteiger partial charge in [-0.1, -0.05) is 92.7 Å². The van der Waals surface area contributed by atoms with Crippen LogP contribution in [-0.2, 0) is 54.9 Å². The molecule has 3 saturated heterocycles. The first-order valence-electron chi connectivity index (χ1n) is 33.0. The fourth-order valence-electron chi connectivity index (χ4n) is 10.8. The molecule has 7 aromatic rings. The van der Waals surface area contributed by atoms with Crippen LogP contribution in [0.15, 0.2) is 173 Å². The largest absolute Gasteiger partial charge is 0.492 e.